The lowest BCUT2D eigenvalue weighted by molar-refractivity contribution is -0.125. The molecule has 0 atom stereocenters. The van der Waals surface area contributed by atoms with Crippen molar-refractivity contribution in [2.45, 2.75) is 6.54 Å². The average molecular weight is 387 g/mol. The number of nitrogens with zero attached hydrogens (tertiary/aromatic N) is 2. The maximum atomic E-state index is 12.2. The summed E-state index contributed by atoms with van der Waals surface area (Å²) in [6.07, 6.45) is 3.36. The smallest absolute Gasteiger partial charge is 0.246 e. The van der Waals surface area contributed by atoms with E-state index >= 15 is 0 Å². The summed E-state index contributed by atoms with van der Waals surface area (Å²) in [6, 6.07) is 15.9. The number of amides is 1. The Kier molecular flexibility index (Phi) is 4.88. The van der Waals surface area contributed by atoms with E-state index in [1.807, 2.05) is 48.5 Å². The van der Waals surface area contributed by atoms with E-state index in [1.165, 1.54) is 0 Å². The van der Waals surface area contributed by atoms with E-state index in [9.17, 15) is 4.79 Å². The SMILES string of the molecule is CN(Cc1ccccc1Br)C(=O)/C=C/c1nc2ccccc2s1. The highest BCUT2D eigenvalue weighted by Crippen LogP contribution is 2.22. The number of hydrogen-bond acceptors (Lipinski definition) is 3. The molecule has 1 aromatic heterocycles. The second-order valence-corrected chi connectivity index (χ2v) is 7.06. The molecule has 0 aliphatic heterocycles. The number of carbonyl (C=O) groups is 1. The van der Waals surface area contributed by atoms with Crippen molar-refractivity contribution in [3.8, 4) is 0 Å². The Labute approximate surface area is 147 Å². The third-order valence-corrected chi connectivity index (χ3v) is 5.20. The number of fused-ring (bicyclic) bond motifs is 1. The van der Waals surface area contributed by atoms with Crippen molar-refractivity contribution in [2.75, 3.05) is 7.05 Å². The van der Waals surface area contributed by atoms with E-state index in [1.54, 1.807) is 35.4 Å². The zero-order chi connectivity index (χ0) is 16.2. The van der Waals surface area contributed by atoms with Gasteiger partial charge < -0.3 is 4.90 Å². The van der Waals surface area contributed by atoms with Gasteiger partial charge in [-0.3, -0.25) is 4.79 Å². The van der Waals surface area contributed by atoms with E-state index in [4.69, 9.17) is 0 Å². The van der Waals surface area contributed by atoms with Crippen LogP contribution >= 0.6 is 27.3 Å². The molecule has 0 aliphatic rings. The fourth-order valence-corrected chi connectivity index (χ4v) is 3.47. The minimum absolute atomic E-state index is 0.0417. The molecule has 2 aromatic carbocycles. The zero-order valence-electron chi connectivity index (χ0n) is 12.6. The number of rotatable bonds is 4. The summed E-state index contributed by atoms with van der Waals surface area (Å²) < 4.78 is 2.14. The number of hydrogen-bond donors (Lipinski definition) is 0. The second-order valence-electron chi connectivity index (χ2n) is 5.14. The van der Waals surface area contributed by atoms with Crippen LogP contribution in [0.1, 0.15) is 10.6 Å². The van der Waals surface area contributed by atoms with Gasteiger partial charge in [-0.1, -0.05) is 46.3 Å². The Morgan fingerprint density at radius 3 is 2.74 bits per heavy atom. The molecule has 0 saturated carbocycles. The molecule has 3 nitrogen and oxygen atoms in total. The fourth-order valence-electron chi connectivity index (χ4n) is 2.19. The Hall–Kier alpha value is -1.98. The molecule has 0 unspecified atom stereocenters. The number of likely N-dealkylation sites (N-methyl/N-ethyl adjacent to an activating group) is 1. The quantitative estimate of drug-likeness (QED) is 0.607. The van der Waals surface area contributed by atoms with Gasteiger partial charge in [-0.2, -0.15) is 0 Å². The molecule has 1 heterocycles. The van der Waals surface area contributed by atoms with Crippen LogP contribution in [0.3, 0.4) is 0 Å². The highest BCUT2D eigenvalue weighted by Gasteiger charge is 2.08. The van der Waals surface area contributed by atoms with Crippen LogP contribution in [-0.2, 0) is 11.3 Å². The second kappa shape index (κ2) is 7.06. The van der Waals surface area contributed by atoms with Crippen LogP contribution in [0, 0.1) is 0 Å². The molecule has 1 amide bonds. The Balaban J connectivity index is 1.69. The van der Waals surface area contributed by atoms with Crippen LogP contribution < -0.4 is 0 Å². The Morgan fingerprint density at radius 1 is 1.22 bits per heavy atom. The molecule has 3 rings (SSSR count). The molecule has 0 spiro atoms. The van der Waals surface area contributed by atoms with Gasteiger partial charge in [-0.25, -0.2) is 4.98 Å². The third-order valence-electron chi connectivity index (χ3n) is 3.42. The highest BCUT2D eigenvalue weighted by atomic mass is 79.9. The summed E-state index contributed by atoms with van der Waals surface area (Å²) in [4.78, 5) is 18.4. The molecule has 0 aliphatic carbocycles. The van der Waals surface area contributed by atoms with Crippen LogP contribution in [0.2, 0.25) is 0 Å². The average Bonchev–Trinajstić information content (AvgIpc) is 2.97. The predicted molar refractivity (Wildman–Crippen MR) is 99.3 cm³/mol. The van der Waals surface area contributed by atoms with Gasteiger partial charge in [0, 0.05) is 24.1 Å². The Bertz CT molecular complexity index is 839. The van der Waals surface area contributed by atoms with Crippen LogP contribution in [0.5, 0.6) is 0 Å². The topological polar surface area (TPSA) is 33.2 Å². The summed E-state index contributed by atoms with van der Waals surface area (Å²) in [6.45, 7) is 0.560. The van der Waals surface area contributed by atoms with E-state index in [2.05, 4.69) is 20.9 Å². The van der Waals surface area contributed by atoms with Gasteiger partial charge >= 0.3 is 0 Å². The van der Waals surface area contributed by atoms with Crippen molar-refractivity contribution < 1.29 is 4.79 Å². The van der Waals surface area contributed by atoms with E-state index in [0.29, 0.717) is 6.54 Å². The first-order chi connectivity index (χ1) is 11.1. The molecule has 0 N–H and O–H groups in total. The van der Waals surface area contributed by atoms with Gasteiger partial charge in [-0.15, -0.1) is 11.3 Å². The lowest BCUT2D eigenvalue weighted by Gasteiger charge is -2.16. The van der Waals surface area contributed by atoms with Gasteiger partial charge in [0.2, 0.25) is 5.91 Å². The number of halogens is 1. The number of para-hydroxylation sites is 1. The monoisotopic (exact) mass is 386 g/mol. The maximum absolute atomic E-state index is 12.2. The molecule has 3 aromatic rings. The number of carbonyl (C=O) groups excluding carboxylic acids is 1. The van der Waals surface area contributed by atoms with Crippen LogP contribution in [0.4, 0.5) is 0 Å². The van der Waals surface area contributed by atoms with Crippen molar-refractivity contribution in [1.29, 1.82) is 0 Å². The molecule has 0 saturated heterocycles. The predicted octanol–water partition coefficient (Wildman–Crippen LogP) is 4.73. The largest absolute Gasteiger partial charge is 0.338 e. The maximum Gasteiger partial charge on any atom is 0.246 e. The van der Waals surface area contributed by atoms with Gasteiger partial charge in [0.25, 0.3) is 0 Å². The van der Waals surface area contributed by atoms with Gasteiger partial charge in [0.05, 0.1) is 10.2 Å². The van der Waals surface area contributed by atoms with Crippen molar-refractivity contribution in [1.82, 2.24) is 9.88 Å². The number of benzene rings is 2. The van der Waals surface area contributed by atoms with Gasteiger partial charge in [0.15, 0.2) is 0 Å². The van der Waals surface area contributed by atoms with E-state index < -0.39 is 0 Å². The molecular weight excluding hydrogens is 372 g/mol. The van der Waals surface area contributed by atoms with Crippen LogP contribution in [0.25, 0.3) is 16.3 Å². The van der Waals surface area contributed by atoms with Crippen molar-refractivity contribution >= 4 is 49.5 Å². The summed E-state index contributed by atoms with van der Waals surface area (Å²) in [5.74, 6) is -0.0417. The van der Waals surface area contributed by atoms with Gasteiger partial charge in [0.1, 0.15) is 5.01 Å². The van der Waals surface area contributed by atoms with Crippen molar-refractivity contribution in [3.05, 3.63) is 69.7 Å². The standard InChI is InChI=1S/C18H15BrN2OS/c1-21(12-13-6-2-3-7-14(13)19)18(22)11-10-17-20-15-8-4-5-9-16(15)23-17/h2-11H,12H2,1H3/b11-10+. The lowest BCUT2D eigenvalue weighted by Crippen LogP contribution is -2.24. The first-order valence-electron chi connectivity index (χ1n) is 7.15. The zero-order valence-corrected chi connectivity index (χ0v) is 15.0. The van der Waals surface area contributed by atoms with E-state index in [-0.39, 0.29) is 5.91 Å². The van der Waals surface area contributed by atoms with Gasteiger partial charge in [-0.05, 0) is 29.8 Å². The summed E-state index contributed by atoms with van der Waals surface area (Å²) >= 11 is 5.09. The minimum atomic E-state index is -0.0417. The highest BCUT2D eigenvalue weighted by molar-refractivity contribution is 9.10. The molecular formula is C18H15BrN2OS. The van der Waals surface area contributed by atoms with Crippen molar-refractivity contribution in [2.24, 2.45) is 0 Å². The third kappa shape index (κ3) is 3.86. The van der Waals surface area contributed by atoms with E-state index in [0.717, 1.165) is 25.3 Å². The minimum Gasteiger partial charge on any atom is -0.338 e. The Morgan fingerprint density at radius 2 is 1.96 bits per heavy atom. The lowest BCUT2D eigenvalue weighted by atomic mass is 10.2. The van der Waals surface area contributed by atoms with Crippen LogP contribution in [-0.4, -0.2) is 22.8 Å². The molecule has 0 bridgehead atoms. The van der Waals surface area contributed by atoms with Crippen LogP contribution in [0.15, 0.2) is 59.1 Å². The molecule has 116 valence electrons. The summed E-state index contributed by atoms with van der Waals surface area (Å²) in [7, 11) is 1.80. The van der Waals surface area contributed by atoms with Crippen molar-refractivity contribution in [3.63, 3.8) is 0 Å². The number of aromatic nitrogens is 1. The molecule has 0 radical (unpaired) electrons. The fraction of sp³-hybridized carbons (Fsp3) is 0.111. The number of thiazole rings is 1. The normalized spacial score (nSPS) is 11.2. The first-order valence-corrected chi connectivity index (χ1v) is 8.76. The molecule has 0 fully saturated rings. The molecule has 23 heavy (non-hydrogen) atoms. The summed E-state index contributed by atoms with van der Waals surface area (Å²) in [5, 5.41) is 0.842. The molecule has 5 heteroatoms. The first kappa shape index (κ1) is 15.9. The summed E-state index contributed by atoms with van der Waals surface area (Å²) in [5.41, 5.74) is 2.04.